The summed E-state index contributed by atoms with van der Waals surface area (Å²) < 4.78 is 0. The molecule has 1 aromatic carbocycles. The number of fused-ring (bicyclic) bond motifs is 1. The maximum Gasteiger partial charge on any atom is 0.136 e. The molecular formula is C14H19N3O. The van der Waals surface area contributed by atoms with Crippen molar-refractivity contribution in [2.24, 2.45) is 0 Å². The Labute approximate surface area is 107 Å². The first kappa shape index (κ1) is 12.6. The average molecular weight is 245 g/mol. The maximum atomic E-state index is 9.06. The predicted molar refractivity (Wildman–Crippen MR) is 76.4 cm³/mol. The summed E-state index contributed by atoms with van der Waals surface area (Å²) in [6.07, 6.45) is 0. The number of aliphatic hydroxyl groups excluding tert-OH is 1. The molecular weight excluding hydrogens is 226 g/mol. The summed E-state index contributed by atoms with van der Waals surface area (Å²) in [6.45, 7) is 2.69. The lowest BCUT2D eigenvalue weighted by molar-refractivity contribution is 0.304. The molecule has 0 saturated carbocycles. The largest absolute Gasteiger partial charge is 0.395 e. The predicted octanol–water partition coefficient (Wildman–Crippen LogP) is 2.01. The fraction of sp³-hybridized carbons (Fsp3) is 0.357. The van der Waals surface area contributed by atoms with Crippen molar-refractivity contribution in [1.82, 2.24) is 4.98 Å². The number of nitrogens with zero attached hydrogens (tertiary/aromatic N) is 2. The average Bonchev–Trinajstić information content (AvgIpc) is 2.37. The Hall–Kier alpha value is -1.81. The van der Waals surface area contributed by atoms with E-state index in [2.05, 4.69) is 28.5 Å². The molecule has 2 aromatic rings. The van der Waals surface area contributed by atoms with Crippen LogP contribution in [0.2, 0.25) is 0 Å². The topological polar surface area (TPSA) is 48.4 Å². The summed E-state index contributed by atoms with van der Waals surface area (Å²) in [5.41, 5.74) is 2.07. The van der Waals surface area contributed by atoms with Crippen LogP contribution in [0.3, 0.4) is 0 Å². The molecule has 4 nitrogen and oxygen atoms in total. The number of rotatable bonds is 4. The van der Waals surface area contributed by atoms with Gasteiger partial charge in [0.25, 0.3) is 0 Å². The number of aromatic nitrogens is 1. The summed E-state index contributed by atoms with van der Waals surface area (Å²) in [5.74, 6) is 0.913. The standard InChI is InChI=1S/C14H19N3O/c1-10-9-12-11(5-4-6-13(12)15-2)14(16-10)17(3)7-8-18/h4-6,9,15,18H,7-8H2,1-3H3. The van der Waals surface area contributed by atoms with Gasteiger partial charge >= 0.3 is 0 Å². The van der Waals surface area contributed by atoms with Crippen molar-refractivity contribution in [1.29, 1.82) is 0 Å². The summed E-state index contributed by atoms with van der Waals surface area (Å²) in [6, 6.07) is 8.21. The Morgan fingerprint density at radius 1 is 1.33 bits per heavy atom. The van der Waals surface area contributed by atoms with Gasteiger partial charge in [-0.2, -0.15) is 0 Å². The lowest BCUT2D eigenvalue weighted by atomic mass is 10.1. The van der Waals surface area contributed by atoms with E-state index in [1.165, 1.54) is 0 Å². The first-order valence-electron chi connectivity index (χ1n) is 6.07. The van der Waals surface area contributed by atoms with Crippen molar-refractivity contribution >= 4 is 22.3 Å². The minimum atomic E-state index is 0.124. The first-order chi connectivity index (χ1) is 8.67. The molecule has 0 saturated heterocycles. The fourth-order valence-corrected chi connectivity index (χ4v) is 2.15. The van der Waals surface area contributed by atoms with Crippen LogP contribution in [0.15, 0.2) is 24.3 Å². The third-order valence-corrected chi connectivity index (χ3v) is 3.05. The van der Waals surface area contributed by atoms with E-state index in [-0.39, 0.29) is 6.61 Å². The number of hydrogen-bond donors (Lipinski definition) is 2. The van der Waals surface area contributed by atoms with E-state index in [0.29, 0.717) is 6.54 Å². The van der Waals surface area contributed by atoms with Gasteiger partial charge in [0.15, 0.2) is 0 Å². The smallest absolute Gasteiger partial charge is 0.136 e. The molecule has 0 unspecified atom stereocenters. The molecule has 1 aromatic heterocycles. The van der Waals surface area contributed by atoms with Crippen LogP contribution >= 0.6 is 0 Å². The molecule has 0 aliphatic heterocycles. The van der Waals surface area contributed by atoms with E-state index < -0.39 is 0 Å². The van der Waals surface area contributed by atoms with Crippen LogP contribution in [0.25, 0.3) is 10.8 Å². The van der Waals surface area contributed by atoms with E-state index in [1.54, 1.807) is 0 Å². The Morgan fingerprint density at radius 2 is 2.11 bits per heavy atom. The highest BCUT2D eigenvalue weighted by Crippen LogP contribution is 2.30. The molecule has 0 spiro atoms. The van der Waals surface area contributed by atoms with Crippen molar-refractivity contribution in [2.75, 3.05) is 37.5 Å². The maximum absolute atomic E-state index is 9.06. The number of hydrogen-bond acceptors (Lipinski definition) is 4. The van der Waals surface area contributed by atoms with Crippen molar-refractivity contribution < 1.29 is 5.11 Å². The van der Waals surface area contributed by atoms with Gasteiger partial charge in [-0.05, 0) is 19.1 Å². The quantitative estimate of drug-likeness (QED) is 0.865. The molecule has 0 bridgehead atoms. The monoisotopic (exact) mass is 245 g/mol. The summed E-state index contributed by atoms with van der Waals surface area (Å²) in [5, 5.41) is 14.5. The molecule has 0 radical (unpaired) electrons. The number of nitrogens with one attached hydrogen (secondary N) is 1. The third kappa shape index (κ3) is 2.24. The second-order valence-corrected chi connectivity index (χ2v) is 4.38. The molecule has 0 aliphatic rings. The second-order valence-electron chi connectivity index (χ2n) is 4.38. The first-order valence-corrected chi connectivity index (χ1v) is 6.07. The highest BCUT2D eigenvalue weighted by atomic mass is 16.3. The zero-order chi connectivity index (χ0) is 13.1. The molecule has 18 heavy (non-hydrogen) atoms. The van der Waals surface area contributed by atoms with E-state index in [4.69, 9.17) is 5.11 Å². The summed E-state index contributed by atoms with van der Waals surface area (Å²) >= 11 is 0. The Kier molecular flexibility index (Phi) is 3.67. The number of benzene rings is 1. The Bertz CT molecular complexity index is 554. The second kappa shape index (κ2) is 5.23. The number of aryl methyl sites for hydroxylation is 1. The van der Waals surface area contributed by atoms with Gasteiger partial charge in [-0.3, -0.25) is 0 Å². The fourth-order valence-electron chi connectivity index (χ4n) is 2.15. The SMILES string of the molecule is CNc1cccc2c(N(C)CCO)nc(C)cc12. The van der Waals surface area contributed by atoms with Gasteiger partial charge in [0.2, 0.25) is 0 Å². The van der Waals surface area contributed by atoms with Gasteiger partial charge in [0.05, 0.1) is 6.61 Å². The van der Waals surface area contributed by atoms with Gasteiger partial charge < -0.3 is 15.3 Å². The highest BCUT2D eigenvalue weighted by Gasteiger charge is 2.10. The van der Waals surface area contributed by atoms with Crippen LogP contribution in [0.5, 0.6) is 0 Å². The van der Waals surface area contributed by atoms with Crippen molar-refractivity contribution in [3.63, 3.8) is 0 Å². The molecule has 96 valence electrons. The molecule has 2 N–H and O–H groups in total. The number of aliphatic hydroxyl groups is 1. The minimum absolute atomic E-state index is 0.124. The van der Waals surface area contributed by atoms with Crippen LogP contribution < -0.4 is 10.2 Å². The molecule has 0 atom stereocenters. The normalized spacial score (nSPS) is 10.7. The van der Waals surface area contributed by atoms with Crippen LogP contribution in [0.4, 0.5) is 11.5 Å². The molecule has 1 heterocycles. The van der Waals surface area contributed by atoms with E-state index in [9.17, 15) is 0 Å². The Balaban J connectivity index is 2.66. The minimum Gasteiger partial charge on any atom is -0.395 e. The Morgan fingerprint density at radius 3 is 2.78 bits per heavy atom. The summed E-state index contributed by atoms with van der Waals surface area (Å²) in [7, 11) is 3.87. The molecule has 4 heteroatoms. The van der Waals surface area contributed by atoms with Crippen molar-refractivity contribution in [3.8, 4) is 0 Å². The van der Waals surface area contributed by atoms with Crippen LogP contribution in [-0.2, 0) is 0 Å². The van der Waals surface area contributed by atoms with E-state index in [0.717, 1.165) is 28.0 Å². The van der Waals surface area contributed by atoms with Crippen molar-refractivity contribution in [3.05, 3.63) is 30.0 Å². The summed E-state index contributed by atoms with van der Waals surface area (Å²) in [4.78, 5) is 6.56. The molecule has 2 rings (SSSR count). The van der Waals surface area contributed by atoms with Gasteiger partial charge in [-0.15, -0.1) is 0 Å². The zero-order valence-corrected chi connectivity index (χ0v) is 11.1. The number of likely N-dealkylation sites (N-methyl/N-ethyl adjacent to an activating group) is 1. The zero-order valence-electron chi connectivity index (χ0n) is 11.1. The lowest BCUT2D eigenvalue weighted by Gasteiger charge is -2.20. The van der Waals surface area contributed by atoms with Gasteiger partial charge in [0, 0.05) is 42.8 Å². The van der Waals surface area contributed by atoms with Gasteiger partial charge in [-0.1, -0.05) is 12.1 Å². The van der Waals surface area contributed by atoms with Crippen molar-refractivity contribution in [2.45, 2.75) is 6.92 Å². The molecule has 0 aliphatic carbocycles. The van der Waals surface area contributed by atoms with E-state index >= 15 is 0 Å². The number of pyridine rings is 1. The van der Waals surface area contributed by atoms with Gasteiger partial charge in [-0.25, -0.2) is 4.98 Å². The van der Waals surface area contributed by atoms with Crippen LogP contribution in [0.1, 0.15) is 5.69 Å². The molecule has 0 fully saturated rings. The van der Waals surface area contributed by atoms with Gasteiger partial charge in [0.1, 0.15) is 5.82 Å². The third-order valence-electron chi connectivity index (χ3n) is 3.05. The number of anilines is 2. The lowest BCUT2D eigenvalue weighted by Crippen LogP contribution is -2.22. The molecule has 0 amide bonds. The highest BCUT2D eigenvalue weighted by molar-refractivity contribution is 6.00. The van der Waals surface area contributed by atoms with Crippen LogP contribution in [-0.4, -0.2) is 37.3 Å². The van der Waals surface area contributed by atoms with Crippen LogP contribution in [0, 0.1) is 6.92 Å². The van der Waals surface area contributed by atoms with E-state index in [1.807, 2.05) is 32.0 Å².